The fraction of sp³-hybridized carbons (Fsp3) is 0.562. The molecule has 0 fully saturated rings. The summed E-state index contributed by atoms with van der Waals surface area (Å²) in [5.74, 6) is -0.552. The first kappa shape index (κ1) is 16.5. The summed E-state index contributed by atoms with van der Waals surface area (Å²) in [5, 5.41) is 10.3. The molecule has 0 saturated carbocycles. The molecule has 1 heterocycles. The zero-order chi connectivity index (χ0) is 15.5. The van der Waals surface area contributed by atoms with E-state index in [1.165, 1.54) is 18.1 Å². The highest BCUT2D eigenvalue weighted by molar-refractivity contribution is 9.10. The molecule has 1 unspecified atom stereocenters. The Morgan fingerprint density at radius 3 is 3.00 bits per heavy atom. The van der Waals surface area contributed by atoms with Crippen molar-refractivity contribution in [2.45, 2.75) is 38.8 Å². The monoisotopic (exact) mass is 355 g/mol. The number of benzene rings is 1. The maximum absolute atomic E-state index is 11.8. The number of halogens is 1. The third kappa shape index (κ3) is 4.05. The number of hydrogen-bond donors (Lipinski definition) is 1. The van der Waals surface area contributed by atoms with Gasteiger partial charge in [0.1, 0.15) is 0 Å². The average Bonchev–Trinajstić information content (AvgIpc) is 2.61. The lowest BCUT2D eigenvalue weighted by atomic mass is 10.0. The van der Waals surface area contributed by atoms with E-state index in [0.717, 1.165) is 30.4 Å². The molecule has 4 nitrogen and oxygen atoms in total. The van der Waals surface area contributed by atoms with Crippen LogP contribution >= 0.6 is 15.9 Å². The van der Waals surface area contributed by atoms with Crippen molar-refractivity contribution < 1.29 is 14.6 Å². The maximum Gasteiger partial charge on any atom is 0.339 e. The average molecular weight is 356 g/mol. The van der Waals surface area contributed by atoms with Gasteiger partial charge in [-0.05, 0) is 50.4 Å². The molecule has 5 heteroatoms. The number of ether oxygens (including phenoxy) is 1. The van der Waals surface area contributed by atoms with Gasteiger partial charge in [-0.25, -0.2) is 4.79 Å². The summed E-state index contributed by atoms with van der Waals surface area (Å²) in [6, 6.07) is 6.19. The van der Waals surface area contributed by atoms with Gasteiger partial charge in [0.25, 0.3) is 0 Å². The van der Waals surface area contributed by atoms with Crippen LogP contribution in [0.2, 0.25) is 0 Å². The Bertz CT molecular complexity index is 516. The molecule has 2 rings (SSSR count). The summed E-state index contributed by atoms with van der Waals surface area (Å²) >= 11 is 3.60. The Morgan fingerprint density at radius 2 is 2.29 bits per heavy atom. The number of hydrogen-bond acceptors (Lipinski definition) is 4. The third-order valence-electron chi connectivity index (χ3n) is 3.76. The van der Waals surface area contributed by atoms with Crippen LogP contribution in [0.1, 0.15) is 31.4 Å². The molecule has 1 aromatic rings. The zero-order valence-corrected chi connectivity index (χ0v) is 14.1. The van der Waals surface area contributed by atoms with Gasteiger partial charge in [0.05, 0.1) is 6.61 Å². The van der Waals surface area contributed by atoms with Crippen molar-refractivity contribution in [2.75, 3.05) is 19.7 Å². The molecule has 21 heavy (non-hydrogen) atoms. The van der Waals surface area contributed by atoms with E-state index in [0.29, 0.717) is 0 Å². The van der Waals surface area contributed by atoms with Crippen LogP contribution in [0.3, 0.4) is 0 Å². The van der Waals surface area contributed by atoms with Gasteiger partial charge in [0, 0.05) is 17.6 Å². The molecule has 0 spiro atoms. The Morgan fingerprint density at radius 1 is 1.52 bits per heavy atom. The largest absolute Gasteiger partial charge is 0.464 e. The van der Waals surface area contributed by atoms with Crippen LogP contribution in [0.5, 0.6) is 0 Å². The van der Waals surface area contributed by atoms with Gasteiger partial charge in [0.15, 0.2) is 5.60 Å². The first-order chi connectivity index (χ1) is 9.94. The molecule has 0 aliphatic carbocycles. The molecule has 0 aromatic heterocycles. The normalized spacial score (nSPS) is 18.5. The summed E-state index contributed by atoms with van der Waals surface area (Å²) in [6.07, 6.45) is 2.02. The molecule has 1 aliphatic heterocycles. The summed E-state index contributed by atoms with van der Waals surface area (Å²) in [7, 11) is 0. The molecule has 116 valence electrons. The van der Waals surface area contributed by atoms with Crippen LogP contribution in [0, 0.1) is 0 Å². The van der Waals surface area contributed by atoms with Crippen molar-refractivity contribution in [3.63, 3.8) is 0 Å². The Kier molecular flexibility index (Phi) is 5.41. The number of fused-ring (bicyclic) bond motifs is 1. The number of nitrogens with zero attached hydrogens (tertiary/aromatic N) is 1. The van der Waals surface area contributed by atoms with Crippen LogP contribution in [-0.2, 0) is 22.5 Å². The van der Waals surface area contributed by atoms with E-state index in [-0.39, 0.29) is 13.2 Å². The van der Waals surface area contributed by atoms with Crippen LogP contribution in [0.4, 0.5) is 0 Å². The second-order valence-electron chi connectivity index (χ2n) is 5.69. The smallest absolute Gasteiger partial charge is 0.339 e. The Labute approximate surface area is 134 Å². The molecule has 1 aliphatic rings. The fourth-order valence-electron chi connectivity index (χ4n) is 2.75. The van der Waals surface area contributed by atoms with Gasteiger partial charge in [-0.3, -0.25) is 4.90 Å². The molecular formula is C16H22BrNO3. The van der Waals surface area contributed by atoms with E-state index < -0.39 is 11.6 Å². The first-order valence-corrected chi connectivity index (χ1v) is 8.11. The summed E-state index contributed by atoms with van der Waals surface area (Å²) in [4.78, 5) is 13.9. The maximum atomic E-state index is 11.8. The van der Waals surface area contributed by atoms with Crippen molar-refractivity contribution in [1.82, 2.24) is 4.90 Å². The van der Waals surface area contributed by atoms with Gasteiger partial charge in [-0.2, -0.15) is 0 Å². The predicted molar refractivity (Wildman–Crippen MR) is 85.0 cm³/mol. The SMILES string of the molecule is CCOC(=O)C(C)(O)CN1CCCc2c(Br)cccc2C1. The summed E-state index contributed by atoms with van der Waals surface area (Å²) < 4.78 is 6.08. The second-order valence-corrected chi connectivity index (χ2v) is 6.54. The van der Waals surface area contributed by atoms with Crippen LogP contribution in [0.15, 0.2) is 22.7 Å². The fourth-order valence-corrected chi connectivity index (χ4v) is 3.36. The number of β-amino-alcohol motifs (C(OH)–C–C–N with tert-alkyl or cyclic N) is 1. The molecule has 0 saturated heterocycles. The lowest BCUT2D eigenvalue weighted by Crippen LogP contribution is -2.47. The van der Waals surface area contributed by atoms with Crippen molar-refractivity contribution in [3.8, 4) is 0 Å². The molecular weight excluding hydrogens is 334 g/mol. The minimum absolute atomic E-state index is 0.283. The molecule has 1 atom stereocenters. The highest BCUT2D eigenvalue weighted by atomic mass is 79.9. The summed E-state index contributed by atoms with van der Waals surface area (Å²) in [5.41, 5.74) is 1.12. The molecule has 0 amide bonds. The van der Waals surface area contributed by atoms with E-state index in [1.807, 2.05) is 6.07 Å². The van der Waals surface area contributed by atoms with E-state index >= 15 is 0 Å². The summed E-state index contributed by atoms with van der Waals surface area (Å²) in [6.45, 7) is 5.44. The first-order valence-electron chi connectivity index (χ1n) is 7.32. The minimum atomic E-state index is -1.47. The Hall–Kier alpha value is -0.910. The topological polar surface area (TPSA) is 49.8 Å². The number of aliphatic hydroxyl groups is 1. The van der Waals surface area contributed by atoms with Gasteiger partial charge < -0.3 is 9.84 Å². The second kappa shape index (κ2) is 6.90. The van der Waals surface area contributed by atoms with Crippen LogP contribution < -0.4 is 0 Å². The lowest BCUT2D eigenvalue weighted by molar-refractivity contribution is -0.165. The minimum Gasteiger partial charge on any atom is -0.464 e. The van der Waals surface area contributed by atoms with Crippen molar-refractivity contribution in [2.24, 2.45) is 0 Å². The number of rotatable bonds is 4. The van der Waals surface area contributed by atoms with Gasteiger partial charge >= 0.3 is 5.97 Å². The van der Waals surface area contributed by atoms with E-state index in [4.69, 9.17) is 4.74 Å². The van der Waals surface area contributed by atoms with Crippen molar-refractivity contribution in [3.05, 3.63) is 33.8 Å². The van der Waals surface area contributed by atoms with Crippen LogP contribution in [0.25, 0.3) is 0 Å². The molecule has 1 aromatic carbocycles. The standard InChI is InChI=1S/C16H22BrNO3/c1-3-21-15(19)16(2,20)11-18-9-5-7-13-12(10-18)6-4-8-14(13)17/h4,6,8,20H,3,5,7,9-11H2,1-2H3. The van der Waals surface area contributed by atoms with Crippen LogP contribution in [-0.4, -0.2) is 41.3 Å². The van der Waals surface area contributed by atoms with Gasteiger partial charge in [0.2, 0.25) is 0 Å². The highest BCUT2D eigenvalue weighted by Crippen LogP contribution is 2.26. The molecule has 1 N–H and O–H groups in total. The van der Waals surface area contributed by atoms with Gasteiger partial charge in [-0.1, -0.05) is 28.1 Å². The highest BCUT2D eigenvalue weighted by Gasteiger charge is 2.34. The van der Waals surface area contributed by atoms with E-state index in [9.17, 15) is 9.90 Å². The number of carbonyl (C=O) groups excluding carboxylic acids is 1. The van der Waals surface area contributed by atoms with E-state index in [2.05, 4.69) is 33.0 Å². The molecule has 0 bridgehead atoms. The predicted octanol–water partition coefficient (Wildman–Crippen LogP) is 2.51. The third-order valence-corrected chi connectivity index (χ3v) is 4.50. The van der Waals surface area contributed by atoms with E-state index in [1.54, 1.807) is 6.92 Å². The molecule has 0 radical (unpaired) electrons. The number of carbonyl (C=O) groups is 1. The quantitative estimate of drug-likeness (QED) is 0.843. The number of esters is 1. The lowest BCUT2D eigenvalue weighted by Gasteiger charge is -2.29. The Balaban J connectivity index is 2.10. The zero-order valence-electron chi connectivity index (χ0n) is 12.6. The van der Waals surface area contributed by atoms with Gasteiger partial charge in [-0.15, -0.1) is 0 Å². The van der Waals surface area contributed by atoms with Crippen molar-refractivity contribution >= 4 is 21.9 Å². The van der Waals surface area contributed by atoms with Crippen molar-refractivity contribution in [1.29, 1.82) is 0 Å².